The van der Waals surface area contributed by atoms with Crippen LogP contribution in [0.15, 0.2) is 24.3 Å². The molecule has 0 saturated carbocycles. The molecule has 108 valence electrons. The Labute approximate surface area is 128 Å². The lowest BCUT2D eigenvalue weighted by atomic mass is 9.93. The molecular formula is C17H17NO2S. The molecular weight excluding hydrogens is 282 g/mol. The smallest absolute Gasteiger partial charge is 0.182 e. The molecule has 0 unspecified atom stereocenters. The van der Waals surface area contributed by atoms with Crippen LogP contribution in [0.25, 0.3) is 11.3 Å². The van der Waals surface area contributed by atoms with E-state index >= 15 is 0 Å². The molecule has 1 aromatic heterocycles. The average Bonchev–Trinajstić information content (AvgIpc) is 2.76. The van der Waals surface area contributed by atoms with Gasteiger partial charge in [0.2, 0.25) is 0 Å². The quantitative estimate of drug-likeness (QED) is 0.743. The molecule has 1 aromatic carbocycles. The molecule has 0 aliphatic heterocycles. The number of hydrogen-bond acceptors (Lipinski definition) is 4. The Hall–Kier alpha value is -1.81. The minimum absolute atomic E-state index is 0.0544. The molecule has 0 N–H and O–H groups in total. The molecule has 1 aliphatic rings. The molecule has 1 heterocycles. The average molecular weight is 299 g/mol. The van der Waals surface area contributed by atoms with Gasteiger partial charge in [-0.3, -0.25) is 9.59 Å². The highest BCUT2D eigenvalue weighted by Crippen LogP contribution is 2.36. The number of ketones is 2. The molecule has 0 amide bonds. The summed E-state index contributed by atoms with van der Waals surface area (Å²) < 4.78 is 0. The molecule has 0 spiro atoms. The van der Waals surface area contributed by atoms with Gasteiger partial charge in [0.05, 0.1) is 22.0 Å². The summed E-state index contributed by atoms with van der Waals surface area (Å²) in [6.45, 7) is 6.46. The fraction of sp³-hybridized carbons (Fsp3) is 0.353. The van der Waals surface area contributed by atoms with Crippen molar-refractivity contribution in [1.82, 2.24) is 4.98 Å². The number of thiazole rings is 1. The molecule has 0 bridgehead atoms. The van der Waals surface area contributed by atoms with E-state index in [0.717, 1.165) is 17.0 Å². The van der Waals surface area contributed by atoms with Crippen molar-refractivity contribution in [3.63, 3.8) is 0 Å². The van der Waals surface area contributed by atoms with Gasteiger partial charge in [0.15, 0.2) is 11.6 Å². The zero-order valence-electron chi connectivity index (χ0n) is 12.4. The second kappa shape index (κ2) is 4.88. The van der Waals surface area contributed by atoms with Crippen LogP contribution in [0.4, 0.5) is 0 Å². The number of aromatic nitrogens is 1. The van der Waals surface area contributed by atoms with Crippen LogP contribution in [0.3, 0.4) is 0 Å². The Kier molecular flexibility index (Phi) is 3.29. The summed E-state index contributed by atoms with van der Waals surface area (Å²) in [5.74, 6) is -0.220. The van der Waals surface area contributed by atoms with Crippen molar-refractivity contribution in [2.45, 2.75) is 33.6 Å². The molecule has 0 atom stereocenters. The number of hydrogen-bond donors (Lipinski definition) is 0. The second-order valence-electron chi connectivity index (χ2n) is 6.59. The third kappa shape index (κ3) is 2.68. The third-order valence-electron chi connectivity index (χ3n) is 3.41. The lowest BCUT2D eigenvalue weighted by Gasteiger charge is -2.15. The van der Waals surface area contributed by atoms with Gasteiger partial charge in [-0.25, -0.2) is 4.98 Å². The number of nitrogens with zero attached hydrogens (tertiary/aromatic N) is 1. The maximum atomic E-state index is 12.3. The van der Waals surface area contributed by atoms with Gasteiger partial charge in [-0.1, -0.05) is 45.0 Å². The lowest BCUT2D eigenvalue weighted by molar-refractivity contribution is 0.0899. The summed E-state index contributed by atoms with van der Waals surface area (Å²) in [4.78, 5) is 29.8. The third-order valence-corrected chi connectivity index (χ3v) is 4.51. The first-order valence-corrected chi connectivity index (χ1v) is 7.82. The Bertz CT molecular complexity index is 737. The molecule has 4 heteroatoms. The summed E-state index contributed by atoms with van der Waals surface area (Å²) >= 11 is 1.44. The fourth-order valence-corrected chi connectivity index (χ4v) is 3.84. The standard InChI is InChI=1S/C17H17NO2S/c1-17(2,3)9-14-18-15-11-7-5-4-6-10(11)12(19)8-13(20)16(15)21-14/h4-7H,8-9H2,1-3H3. The first-order valence-electron chi connectivity index (χ1n) is 7.01. The van der Waals surface area contributed by atoms with Gasteiger partial charge in [-0.05, 0) is 5.41 Å². The van der Waals surface area contributed by atoms with Crippen LogP contribution in [-0.2, 0) is 6.42 Å². The van der Waals surface area contributed by atoms with Crippen LogP contribution in [-0.4, -0.2) is 16.6 Å². The van der Waals surface area contributed by atoms with E-state index in [1.165, 1.54) is 11.3 Å². The SMILES string of the molecule is CC(C)(C)Cc1nc2c(s1)C(=O)CC(=O)c1ccccc1-2. The van der Waals surface area contributed by atoms with Crippen molar-refractivity contribution in [3.05, 3.63) is 39.7 Å². The highest BCUT2D eigenvalue weighted by Gasteiger charge is 2.29. The maximum Gasteiger partial charge on any atom is 0.182 e. The van der Waals surface area contributed by atoms with Crippen molar-refractivity contribution in [2.24, 2.45) is 5.41 Å². The van der Waals surface area contributed by atoms with Gasteiger partial charge in [-0.2, -0.15) is 0 Å². The fourth-order valence-electron chi connectivity index (χ4n) is 2.52. The van der Waals surface area contributed by atoms with Crippen molar-refractivity contribution in [2.75, 3.05) is 0 Å². The number of benzene rings is 1. The minimum atomic E-state index is -0.113. The van der Waals surface area contributed by atoms with E-state index in [4.69, 9.17) is 0 Å². The van der Waals surface area contributed by atoms with Gasteiger partial charge in [0.1, 0.15) is 0 Å². The number of rotatable bonds is 1. The summed E-state index contributed by atoms with van der Waals surface area (Å²) in [6, 6.07) is 7.37. The van der Waals surface area contributed by atoms with Crippen LogP contribution in [0, 0.1) is 5.41 Å². The van der Waals surface area contributed by atoms with E-state index < -0.39 is 0 Å². The van der Waals surface area contributed by atoms with Crippen molar-refractivity contribution in [3.8, 4) is 11.3 Å². The molecule has 3 rings (SSSR count). The molecule has 0 saturated heterocycles. The Balaban J connectivity index is 2.16. The van der Waals surface area contributed by atoms with Crippen LogP contribution in [0.1, 0.15) is 52.2 Å². The number of carbonyl (C=O) groups excluding carboxylic acids is 2. The summed E-state index contributed by atoms with van der Waals surface area (Å²) in [7, 11) is 0. The van der Waals surface area contributed by atoms with Gasteiger partial charge in [0, 0.05) is 17.5 Å². The summed E-state index contributed by atoms with van der Waals surface area (Å²) in [5, 5.41) is 0.963. The Morgan fingerprint density at radius 1 is 1.10 bits per heavy atom. The first kappa shape index (κ1) is 14.1. The predicted molar refractivity (Wildman–Crippen MR) is 84.0 cm³/mol. The van der Waals surface area contributed by atoms with Crippen molar-refractivity contribution in [1.29, 1.82) is 0 Å². The van der Waals surface area contributed by atoms with Crippen molar-refractivity contribution < 1.29 is 9.59 Å². The van der Waals surface area contributed by atoms with Crippen molar-refractivity contribution >= 4 is 22.9 Å². The predicted octanol–water partition coefficient (Wildman–Crippen LogP) is 4.17. The minimum Gasteiger partial charge on any atom is -0.294 e. The maximum absolute atomic E-state index is 12.3. The lowest BCUT2D eigenvalue weighted by Crippen LogP contribution is -2.09. The number of fused-ring (bicyclic) bond motifs is 3. The topological polar surface area (TPSA) is 47.0 Å². The zero-order valence-corrected chi connectivity index (χ0v) is 13.2. The molecule has 21 heavy (non-hydrogen) atoms. The van der Waals surface area contributed by atoms with Crippen LogP contribution < -0.4 is 0 Å². The first-order chi connectivity index (χ1) is 9.85. The largest absolute Gasteiger partial charge is 0.294 e. The van der Waals surface area contributed by atoms with E-state index in [9.17, 15) is 9.59 Å². The Morgan fingerprint density at radius 3 is 2.43 bits per heavy atom. The highest BCUT2D eigenvalue weighted by molar-refractivity contribution is 7.14. The zero-order chi connectivity index (χ0) is 15.2. The summed E-state index contributed by atoms with van der Waals surface area (Å²) in [5.41, 5.74) is 2.21. The van der Waals surface area contributed by atoms with E-state index in [1.807, 2.05) is 18.2 Å². The van der Waals surface area contributed by atoms with E-state index in [0.29, 0.717) is 16.1 Å². The Morgan fingerprint density at radius 2 is 1.76 bits per heavy atom. The highest BCUT2D eigenvalue weighted by atomic mass is 32.1. The normalized spacial score (nSPS) is 14.6. The van der Waals surface area contributed by atoms with Crippen LogP contribution in [0.2, 0.25) is 0 Å². The summed E-state index contributed by atoms with van der Waals surface area (Å²) in [6.07, 6.45) is 0.773. The van der Waals surface area contributed by atoms with E-state index in [2.05, 4.69) is 25.8 Å². The van der Waals surface area contributed by atoms with Gasteiger partial charge < -0.3 is 0 Å². The van der Waals surface area contributed by atoms with E-state index in [1.54, 1.807) is 6.07 Å². The molecule has 0 radical (unpaired) electrons. The van der Waals surface area contributed by atoms with E-state index in [-0.39, 0.29) is 23.4 Å². The molecule has 2 aromatic rings. The van der Waals surface area contributed by atoms with Gasteiger partial charge in [0.25, 0.3) is 0 Å². The molecule has 0 fully saturated rings. The molecule has 1 aliphatic carbocycles. The number of carbonyl (C=O) groups is 2. The second-order valence-corrected chi connectivity index (χ2v) is 7.68. The van der Waals surface area contributed by atoms with Gasteiger partial charge >= 0.3 is 0 Å². The van der Waals surface area contributed by atoms with Crippen LogP contribution in [0.5, 0.6) is 0 Å². The molecule has 3 nitrogen and oxygen atoms in total. The monoisotopic (exact) mass is 299 g/mol. The van der Waals surface area contributed by atoms with Gasteiger partial charge in [-0.15, -0.1) is 11.3 Å². The number of Topliss-reactive ketones (excluding diaryl/α,β-unsaturated/α-hetero) is 2. The van der Waals surface area contributed by atoms with Crippen LogP contribution >= 0.6 is 11.3 Å².